The average molecular weight is 427 g/mol. The zero-order valence-corrected chi connectivity index (χ0v) is 18.3. The number of benzene rings is 2. The fraction of sp³-hybridized carbons (Fsp3) is 0.364. The van der Waals surface area contributed by atoms with Gasteiger partial charge in [0.15, 0.2) is 0 Å². The van der Waals surface area contributed by atoms with Crippen LogP contribution in [0.3, 0.4) is 0 Å². The summed E-state index contributed by atoms with van der Waals surface area (Å²) >= 11 is 0. The van der Waals surface area contributed by atoms with Gasteiger partial charge in [-0.05, 0) is 43.2 Å². The number of carbonyl (C=O) groups excluding carboxylic acids is 1. The van der Waals surface area contributed by atoms with Crippen molar-refractivity contribution in [2.75, 3.05) is 44.7 Å². The molecule has 0 unspecified atom stereocenters. The predicted molar refractivity (Wildman–Crippen MR) is 116 cm³/mol. The molecule has 8 heteroatoms. The van der Waals surface area contributed by atoms with Gasteiger partial charge in [-0.2, -0.15) is 9.57 Å². The first-order chi connectivity index (χ1) is 14.3. The van der Waals surface area contributed by atoms with Crippen molar-refractivity contribution in [3.63, 3.8) is 0 Å². The van der Waals surface area contributed by atoms with Gasteiger partial charge in [-0.1, -0.05) is 24.3 Å². The third-order valence-corrected chi connectivity index (χ3v) is 7.53. The van der Waals surface area contributed by atoms with Crippen molar-refractivity contribution in [1.82, 2.24) is 9.21 Å². The van der Waals surface area contributed by atoms with Crippen LogP contribution in [0.5, 0.6) is 0 Å². The number of hydrogen-bond donors (Lipinski definition) is 0. The van der Waals surface area contributed by atoms with Gasteiger partial charge >= 0.3 is 0 Å². The lowest BCUT2D eigenvalue weighted by Gasteiger charge is -2.35. The molecule has 1 aliphatic heterocycles. The van der Waals surface area contributed by atoms with E-state index >= 15 is 0 Å². The molecule has 0 radical (unpaired) electrons. The molecule has 0 aliphatic carbocycles. The normalized spacial score (nSPS) is 14.9. The Balaban J connectivity index is 1.64. The number of carbonyl (C=O) groups is 1. The van der Waals surface area contributed by atoms with Gasteiger partial charge in [0.05, 0.1) is 17.0 Å². The number of anilines is 1. The van der Waals surface area contributed by atoms with Crippen molar-refractivity contribution in [2.45, 2.75) is 18.7 Å². The molecule has 1 fully saturated rings. The van der Waals surface area contributed by atoms with E-state index < -0.39 is 10.0 Å². The van der Waals surface area contributed by atoms with Gasteiger partial charge < -0.3 is 9.80 Å². The molecule has 0 aromatic heterocycles. The molecule has 30 heavy (non-hydrogen) atoms. The molecule has 3 rings (SSSR count). The van der Waals surface area contributed by atoms with Crippen LogP contribution in [0.25, 0.3) is 0 Å². The summed E-state index contributed by atoms with van der Waals surface area (Å²) in [5, 5.41) is 9.22. The highest BCUT2D eigenvalue weighted by Crippen LogP contribution is 2.23. The van der Waals surface area contributed by atoms with Gasteiger partial charge in [0, 0.05) is 38.9 Å². The summed E-state index contributed by atoms with van der Waals surface area (Å²) in [6.07, 6.45) is 0. The Morgan fingerprint density at radius 3 is 2.40 bits per heavy atom. The van der Waals surface area contributed by atoms with Crippen molar-refractivity contribution in [3.8, 4) is 6.07 Å². The van der Waals surface area contributed by atoms with E-state index in [2.05, 4.69) is 0 Å². The van der Waals surface area contributed by atoms with Crippen LogP contribution in [0.15, 0.2) is 47.4 Å². The summed E-state index contributed by atoms with van der Waals surface area (Å²) in [6, 6.07) is 14.1. The Morgan fingerprint density at radius 1 is 1.07 bits per heavy atom. The Hall–Kier alpha value is -2.89. The maximum Gasteiger partial charge on any atom is 0.244 e. The minimum Gasteiger partial charge on any atom is -0.365 e. The van der Waals surface area contributed by atoms with E-state index in [0.29, 0.717) is 13.1 Å². The van der Waals surface area contributed by atoms with E-state index in [1.807, 2.05) is 50.1 Å². The number of nitrogens with zero attached hydrogens (tertiary/aromatic N) is 4. The Bertz CT molecular complexity index is 1080. The number of aryl methyl sites for hydroxylation is 1. The molecule has 1 amide bonds. The van der Waals surface area contributed by atoms with Gasteiger partial charge in [0.25, 0.3) is 0 Å². The van der Waals surface area contributed by atoms with Crippen molar-refractivity contribution in [2.24, 2.45) is 0 Å². The second-order valence-electron chi connectivity index (χ2n) is 7.47. The second-order valence-corrected chi connectivity index (χ2v) is 9.37. The van der Waals surface area contributed by atoms with Crippen molar-refractivity contribution < 1.29 is 13.2 Å². The summed E-state index contributed by atoms with van der Waals surface area (Å²) < 4.78 is 27.2. The van der Waals surface area contributed by atoms with Gasteiger partial charge in [-0.3, -0.25) is 4.79 Å². The van der Waals surface area contributed by atoms with Crippen molar-refractivity contribution in [1.29, 1.82) is 5.26 Å². The monoisotopic (exact) mass is 426 g/mol. The van der Waals surface area contributed by atoms with Gasteiger partial charge in [0.1, 0.15) is 6.07 Å². The van der Waals surface area contributed by atoms with Crippen LogP contribution in [0.2, 0.25) is 0 Å². The molecule has 2 aromatic rings. The van der Waals surface area contributed by atoms with Crippen LogP contribution in [-0.2, 0) is 14.8 Å². The molecule has 1 aliphatic rings. The summed E-state index contributed by atoms with van der Waals surface area (Å²) in [5.74, 6) is -0.0344. The van der Waals surface area contributed by atoms with E-state index in [1.165, 1.54) is 22.0 Å². The maximum absolute atomic E-state index is 12.9. The second kappa shape index (κ2) is 8.86. The number of hydrogen-bond acceptors (Lipinski definition) is 5. The van der Waals surface area contributed by atoms with E-state index in [1.54, 1.807) is 17.0 Å². The highest BCUT2D eigenvalue weighted by molar-refractivity contribution is 7.89. The molecule has 1 saturated heterocycles. The Morgan fingerprint density at radius 2 is 1.73 bits per heavy atom. The van der Waals surface area contributed by atoms with Gasteiger partial charge in [-0.15, -0.1) is 0 Å². The molecule has 2 aromatic carbocycles. The molecular formula is C22H26N4O3S. The third-order valence-electron chi connectivity index (χ3n) is 5.58. The summed E-state index contributed by atoms with van der Waals surface area (Å²) in [4.78, 5) is 16.4. The lowest BCUT2D eigenvalue weighted by molar-refractivity contribution is -0.130. The quantitative estimate of drug-likeness (QED) is 0.731. The van der Waals surface area contributed by atoms with Crippen LogP contribution < -0.4 is 4.90 Å². The van der Waals surface area contributed by atoms with Crippen LogP contribution >= 0.6 is 0 Å². The van der Waals surface area contributed by atoms with Gasteiger partial charge in [-0.25, -0.2) is 8.42 Å². The number of piperazine rings is 1. The summed E-state index contributed by atoms with van der Waals surface area (Å²) in [6.45, 7) is 5.38. The van der Waals surface area contributed by atoms with Crippen LogP contribution in [0.4, 0.5) is 5.69 Å². The SMILES string of the molecule is Cc1cccc(N(C)CC(=O)N2CCN(S(=O)(=O)c3ccccc3C#N)CC2)c1C. The van der Waals surface area contributed by atoms with E-state index in [0.717, 1.165) is 11.3 Å². The lowest BCUT2D eigenvalue weighted by Crippen LogP contribution is -2.52. The topological polar surface area (TPSA) is 84.7 Å². The first-order valence-electron chi connectivity index (χ1n) is 9.80. The molecule has 7 nitrogen and oxygen atoms in total. The molecule has 0 bridgehead atoms. The highest BCUT2D eigenvalue weighted by Gasteiger charge is 2.31. The third kappa shape index (κ3) is 4.32. The summed E-state index contributed by atoms with van der Waals surface area (Å²) in [7, 11) is -1.88. The standard InChI is InChI=1S/C22H26N4O3S/c1-17-7-6-9-20(18(17)2)24(3)16-22(27)25-11-13-26(14-12-25)30(28,29)21-10-5-4-8-19(21)15-23/h4-10H,11-14,16H2,1-3H3. The van der Waals surface area contributed by atoms with Crippen LogP contribution in [0.1, 0.15) is 16.7 Å². The number of rotatable bonds is 5. The fourth-order valence-electron chi connectivity index (χ4n) is 3.64. The number of amides is 1. The molecule has 1 heterocycles. The van der Waals surface area contributed by atoms with E-state index in [-0.39, 0.29) is 36.0 Å². The number of sulfonamides is 1. The molecule has 0 saturated carbocycles. The lowest BCUT2D eigenvalue weighted by atomic mass is 10.1. The molecule has 158 valence electrons. The van der Waals surface area contributed by atoms with Gasteiger partial charge in [0.2, 0.25) is 15.9 Å². The minimum absolute atomic E-state index is 0.0157. The van der Waals surface area contributed by atoms with Crippen molar-refractivity contribution >= 4 is 21.6 Å². The van der Waals surface area contributed by atoms with Crippen molar-refractivity contribution in [3.05, 3.63) is 59.2 Å². The highest BCUT2D eigenvalue weighted by atomic mass is 32.2. The molecule has 0 N–H and O–H groups in total. The fourth-order valence-corrected chi connectivity index (χ4v) is 5.20. The zero-order valence-electron chi connectivity index (χ0n) is 17.5. The average Bonchev–Trinajstić information content (AvgIpc) is 2.75. The van der Waals surface area contributed by atoms with Crippen LogP contribution in [-0.4, -0.2) is 63.3 Å². The summed E-state index contributed by atoms with van der Waals surface area (Å²) in [5.41, 5.74) is 3.45. The maximum atomic E-state index is 12.9. The molecule has 0 atom stereocenters. The first kappa shape index (κ1) is 21.8. The Labute approximate surface area is 178 Å². The smallest absolute Gasteiger partial charge is 0.244 e. The molecular weight excluding hydrogens is 400 g/mol. The number of nitriles is 1. The minimum atomic E-state index is -3.77. The van der Waals surface area contributed by atoms with Crippen LogP contribution in [0, 0.1) is 25.2 Å². The van der Waals surface area contributed by atoms with E-state index in [4.69, 9.17) is 0 Å². The Kier molecular flexibility index (Phi) is 6.44. The zero-order chi connectivity index (χ0) is 21.9. The predicted octanol–water partition coefficient (Wildman–Crippen LogP) is 2.14. The number of likely N-dealkylation sites (N-methyl/N-ethyl adjacent to an activating group) is 1. The largest absolute Gasteiger partial charge is 0.365 e. The van der Waals surface area contributed by atoms with E-state index in [9.17, 15) is 18.5 Å². The first-order valence-corrected chi connectivity index (χ1v) is 11.2. The molecule has 0 spiro atoms.